The van der Waals surface area contributed by atoms with Crippen LogP contribution in [0.25, 0.3) is 0 Å². The zero-order valence-corrected chi connectivity index (χ0v) is 11.4. The molecular formula is C14H21F2N3. The Kier molecular flexibility index (Phi) is 5.89. The number of nitrogens with zero attached hydrogens (tertiary/aromatic N) is 1. The molecule has 0 aromatic heterocycles. The van der Waals surface area contributed by atoms with Crippen LogP contribution >= 0.6 is 0 Å². The quantitative estimate of drug-likeness (QED) is 0.590. The average molecular weight is 269 g/mol. The molecule has 0 amide bonds. The van der Waals surface area contributed by atoms with Crippen molar-refractivity contribution in [1.82, 2.24) is 4.90 Å². The summed E-state index contributed by atoms with van der Waals surface area (Å²) in [5.41, 5.74) is 5.68. The Labute approximate surface area is 112 Å². The molecule has 0 bridgehead atoms. The van der Waals surface area contributed by atoms with Gasteiger partial charge in [0.2, 0.25) is 0 Å². The molecule has 0 radical (unpaired) electrons. The van der Waals surface area contributed by atoms with Crippen LogP contribution in [0.15, 0.2) is 18.2 Å². The summed E-state index contributed by atoms with van der Waals surface area (Å²) in [7, 11) is 0. The van der Waals surface area contributed by atoms with Gasteiger partial charge in [-0.2, -0.15) is 0 Å². The predicted molar refractivity (Wildman–Crippen MR) is 73.0 cm³/mol. The van der Waals surface area contributed by atoms with Crippen molar-refractivity contribution in [2.45, 2.75) is 26.8 Å². The Hall–Kier alpha value is -1.49. The van der Waals surface area contributed by atoms with Crippen LogP contribution in [0.1, 0.15) is 25.8 Å². The van der Waals surface area contributed by atoms with Crippen molar-refractivity contribution in [3.63, 3.8) is 0 Å². The molecule has 0 unspecified atom stereocenters. The molecule has 106 valence electrons. The Morgan fingerprint density at radius 2 is 2.05 bits per heavy atom. The van der Waals surface area contributed by atoms with Crippen molar-refractivity contribution in [2.75, 3.05) is 13.1 Å². The van der Waals surface area contributed by atoms with Gasteiger partial charge in [-0.1, -0.05) is 26.0 Å². The van der Waals surface area contributed by atoms with Gasteiger partial charge in [-0.3, -0.25) is 10.3 Å². The van der Waals surface area contributed by atoms with Crippen LogP contribution in [-0.2, 0) is 6.54 Å². The van der Waals surface area contributed by atoms with Crippen LogP contribution in [0.4, 0.5) is 8.78 Å². The minimum Gasteiger partial charge on any atom is -0.388 e. The third kappa shape index (κ3) is 5.34. The van der Waals surface area contributed by atoms with Gasteiger partial charge in [0.25, 0.3) is 0 Å². The Morgan fingerprint density at radius 1 is 1.37 bits per heavy atom. The second-order valence-corrected chi connectivity index (χ2v) is 5.12. The smallest absolute Gasteiger partial charge is 0.163 e. The molecule has 0 heterocycles. The van der Waals surface area contributed by atoms with Gasteiger partial charge in [0.1, 0.15) is 0 Å². The normalized spacial score (nSPS) is 11.3. The molecule has 0 saturated heterocycles. The van der Waals surface area contributed by atoms with E-state index in [-0.39, 0.29) is 5.84 Å². The van der Waals surface area contributed by atoms with E-state index < -0.39 is 11.6 Å². The molecule has 1 aromatic rings. The fraction of sp³-hybridized carbons (Fsp3) is 0.500. The first kappa shape index (κ1) is 15.6. The highest BCUT2D eigenvalue weighted by molar-refractivity contribution is 5.76. The fourth-order valence-electron chi connectivity index (χ4n) is 1.94. The molecule has 0 aliphatic carbocycles. The minimum atomic E-state index is -0.825. The number of nitrogens with two attached hydrogens (primary N) is 1. The largest absolute Gasteiger partial charge is 0.388 e. The number of nitrogens with one attached hydrogen (secondary N) is 1. The third-order valence-electron chi connectivity index (χ3n) is 2.75. The molecule has 0 spiro atoms. The van der Waals surface area contributed by atoms with Crippen molar-refractivity contribution in [1.29, 1.82) is 5.41 Å². The SMILES string of the molecule is CC(C)CN(CCC(=N)N)Cc1cccc(F)c1F. The van der Waals surface area contributed by atoms with Gasteiger partial charge in [-0.05, 0) is 12.0 Å². The van der Waals surface area contributed by atoms with E-state index in [1.54, 1.807) is 6.07 Å². The lowest BCUT2D eigenvalue weighted by Crippen LogP contribution is -2.31. The number of halogens is 2. The predicted octanol–water partition coefficient (Wildman–Crippen LogP) is 2.75. The van der Waals surface area contributed by atoms with Crippen LogP contribution in [-0.4, -0.2) is 23.8 Å². The average Bonchev–Trinajstić information content (AvgIpc) is 2.31. The summed E-state index contributed by atoms with van der Waals surface area (Å²) < 4.78 is 26.8. The summed E-state index contributed by atoms with van der Waals surface area (Å²) in [6.45, 7) is 5.77. The summed E-state index contributed by atoms with van der Waals surface area (Å²) in [5.74, 6) is -1.11. The van der Waals surface area contributed by atoms with Crippen molar-refractivity contribution < 1.29 is 8.78 Å². The van der Waals surface area contributed by atoms with E-state index in [9.17, 15) is 8.78 Å². The van der Waals surface area contributed by atoms with Crippen LogP contribution in [0.3, 0.4) is 0 Å². The molecule has 0 aliphatic heterocycles. The molecule has 0 fully saturated rings. The minimum absolute atomic E-state index is 0.105. The molecule has 5 heteroatoms. The molecule has 1 aromatic carbocycles. The maximum atomic E-state index is 13.6. The first-order valence-electron chi connectivity index (χ1n) is 6.38. The van der Waals surface area contributed by atoms with E-state index in [0.717, 1.165) is 12.6 Å². The maximum Gasteiger partial charge on any atom is 0.163 e. The highest BCUT2D eigenvalue weighted by Gasteiger charge is 2.13. The van der Waals surface area contributed by atoms with E-state index in [4.69, 9.17) is 11.1 Å². The molecule has 0 saturated carbocycles. The zero-order valence-electron chi connectivity index (χ0n) is 11.4. The lowest BCUT2D eigenvalue weighted by Gasteiger charge is -2.24. The molecule has 0 aliphatic rings. The lowest BCUT2D eigenvalue weighted by molar-refractivity contribution is 0.238. The molecule has 1 rings (SSSR count). The molecular weight excluding hydrogens is 248 g/mol. The summed E-state index contributed by atoms with van der Waals surface area (Å²) in [5, 5.41) is 7.24. The molecule has 3 nitrogen and oxygen atoms in total. The van der Waals surface area contributed by atoms with Crippen molar-refractivity contribution in [3.8, 4) is 0 Å². The van der Waals surface area contributed by atoms with Crippen molar-refractivity contribution in [2.24, 2.45) is 11.7 Å². The van der Waals surface area contributed by atoms with Gasteiger partial charge >= 0.3 is 0 Å². The van der Waals surface area contributed by atoms with Crippen LogP contribution < -0.4 is 5.73 Å². The standard InChI is InChI=1S/C14H21F2N3/c1-10(2)8-19(7-6-13(17)18)9-11-4-3-5-12(15)14(11)16/h3-5,10H,6-9H2,1-2H3,(H3,17,18). The van der Waals surface area contributed by atoms with Gasteiger partial charge in [0.05, 0.1) is 5.84 Å². The number of rotatable bonds is 7. The number of benzene rings is 1. The van der Waals surface area contributed by atoms with Crippen LogP contribution in [0, 0.1) is 23.0 Å². The van der Waals surface area contributed by atoms with Crippen molar-refractivity contribution >= 4 is 5.84 Å². The molecule has 0 atom stereocenters. The summed E-state index contributed by atoms with van der Waals surface area (Å²) in [6, 6.07) is 4.20. The number of hydrogen-bond acceptors (Lipinski definition) is 2. The van der Waals surface area contributed by atoms with Gasteiger partial charge in [0.15, 0.2) is 11.6 Å². The second kappa shape index (κ2) is 7.19. The number of hydrogen-bond donors (Lipinski definition) is 2. The summed E-state index contributed by atoms with van der Waals surface area (Å²) in [4.78, 5) is 1.99. The highest BCUT2D eigenvalue weighted by Crippen LogP contribution is 2.14. The van der Waals surface area contributed by atoms with Crippen molar-refractivity contribution in [3.05, 3.63) is 35.4 Å². The Balaban J connectivity index is 2.75. The monoisotopic (exact) mass is 269 g/mol. The van der Waals surface area contributed by atoms with E-state index >= 15 is 0 Å². The van der Waals surface area contributed by atoms with Gasteiger partial charge in [0, 0.05) is 31.6 Å². The van der Waals surface area contributed by atoms with E-state index in [1.807, 2.05) is 4.90 Å². The number of amidine groups is 1. The van der Waals surface area contributed by atoms with E-state index in [1.165, 1.54) is 6.07 Å². The fourth-order valence-corrected chi connectivity index (χ4v) is 1.94. The van der Waals surface area contributed by atoms with Gasteiger partial charge in [-0.15, -0.1) is 0 Å². The first-order valence-corrected chi connectivity index (χ1v) is 6.38. The second-order valence-electron chi connectivity index (χ2n) is 5.12. The molecule has 19 heavy (non-hydrogen) atoms. The summed E-state index contributed by atoms with van der Waals surface area (Å²) >= 11 is 0. The zero-order chi connectivity index (χ0) is 14.4. The third-order valence-corrected chi connectivity index (χ3v) is 2.75. The van der Waals surface area contributed by atoms with E-state index in [2.05, 4.69) is 13.8 Å². The molecule has 3 N–H and O–H groups in total. The first-order chi connectivity index (χ1) is 8.90. The Morgan fingerprint density at radius 3 is 2.63 bits per heavy atom. The maximum absolute atomic E-state index is 13.6. The van der Waals surface area contributed by atoms with Crippen LogP contribution in [0.5, 0.6) is 0 Å². The highest BCUT2D eigenvalue weighted by atomic mass is 19.2. The van der Waals surface area contributed by atoms with Gasteiger partial charge < -0.3 is 5.73 Å². The topological polar surface area (TPSA) is 53.1 Å². The van der Waals surface area contributed by atoms with Crippen LogP contribution in [0.2, 0.25) is 0 Å². The summed E-state index contributed by atoms with van der Waals surface area (Å²) in [6.07, 6.45) is 0.434. The van der Waals surface area contributed by atoms with E-state index in [0.29, 0.717) is 31.0 Å². The Bertz CT molecular complexity index is 433. The van der Waals surface area contributed by atoms with Gasteiger partial charge in [-0.25, -0.2) is 8.78 Å². The lowest BCUT2D eigenvalue weighted by atomic mass is 10.1.